The van der Waals surface area contributed by atoms with Crippen LogP contribution in [0.3, 0.4) is 0 Å². The van der Waals surface area contributed by atoms with Gasteiger partial charge in [-0.15, -0.1) is 0 Å². The Morgan fingerprint density at radius 2 is 1.37 bits per heavy atom. The molecule has 1 saturated heterocycles. The molecule has 2 aromatic carbocycles. The normalized spacial score (nSPS) is 23.8. The van der Waals surface area contributed by atoms with Gasteiger partial charge in [-0.3, -0.25) is 0 Å². The minimum absolute atomic E-state index is 0.0309. The first-order chi connectivity index (χ1) is 14.7. The van der Waals surface area contributed by atoms with Crippen molar-refractivity contribution in [2.24, 2.45) is 17.8 Å². The van der Waals surface area contributed by atoms with Crippen molar-refractivity contribution in [2.45, 2.75) is 70.0 Å². The van der Waals surface area contributed by atoms with Crippen molar-refractivity contribution in [3.05, 3.63) is 66.0 Å². The molecule has 2 heteroatoms. The highest BCUT2D eigenvalue weighted by Gasteiger charge is 2.30. The van der Waals surface area contributed by atoms with Crippen LogP contribution >= 0.6 is 0 Å². The van der Waals surface area contributed by atoms with Crippen molar-refractivity contribution in [3.8, 4) is 11.1 Å². The van der Waals surface area contributed by atoms with Crippen molar-refractivity contribution in [3.63, 3.8) is 0 Å². The fourth-order valence-corrected chi connectivity index (χ4v) is 8.62. The molecule has 0 amide bonds. The highest BCUT2D eigenvalue weighted by Crippen LogP contribution is 2.41. The Bertz CT molecular complexity index is 792. The topological polar surface area (TPSA) is 0 Å². The fraction of sp³-hybridized carbons (Fsp3) is 0.500. The largest absolute Gasteiger partial charge is 0.207 e. The molecule has 1 aliphatic heterocycles. The molecule has 2 aromatic rings. The lowest BCUT2D eigenvalue weighted by molar-refractivity contribution is 0.208. The lowest BCUT2D eigenvalue weighted by atomic mass is 9.74. The summed E-state index contributed by atoms with van der Waals surface area (Å²) in [7, 11) is 0.0309. The summed E-state index contributed by atoms with van der Waals surface area (Å²) in [4.78, 5) is 0. The molecule has 0 aromatic heterocycles. The maximum absolute atomic E-state index is 13.1. The van der Waals surface area contributed by atoms with Crippen LogP contribution in [0.15, 0.2) is 54.6 Å². The van der Waals surface area contributed by atoms with Gasteiger partial charge in [0.25, 0.3) is 0 Å². The van der Waals surface area contributed by atoms with Gasteiger partial charge in [0.05, 0.1) is 0 Å². The lowest BCUT2D eigenvalue weighted by Gasteiger charge is -2.37. The quantitative estimate of drug-likeness (QED) is 0.411. The van der Waals surface area contributed by atoms with Gasteiger partial charge < -0.3 is 0 Å². The summed E-state index contributed by atoms with van der Waals surface area (Å²) in [5.41, 5.74) is 3.47. The number of rotatable bonds is 6. The predicted molar refractivity (Wildman–Crippen MR) is 130 cm³/mol. The molecule has 1 aliphatic carbocycles. The van der Waals surface area contributed by atoms with Crippen LogP contribution in [0.2, 0.25) is 18.1 Å². The van der Waals surface area contributed by atoms with Crippen LogP contribution in [0, 0.1) is 23.6 Å². The smallest absolute Gasteiger partial charge is 0.123 e. The zero-order valence-corrected chi connectivity index (χ0v) is 19.5. The Morgan fingerprint density at radius 1 is 0.800 bits per heavy atom. The van der Waals surface area contributed by atoms with Gasteiger partial charge in [-0.05, 0) is 72.3 Å². The molecule has 0 bridgehead atoms. The second-order valence-electron chi connectivity index (χ2n) is 9.50. The van der Waals surface area contributed by atoms with Gasteiger partial charge in [0.2, 0.25) is 0 Å². The highest BCUT2D eigenvalue weighted by molar-refractivity contribution is 6.58. The molecule has 1 radical (unpaired) electrons. The van der Waals surface area contributed by atoms with E-state index in [0.29, 0.717) is 0 Å². The maximum atomic E-state index is 13.1. The summed E-state index contributed by atoms with van der Waals surface area (Å²) in [6.45, 7) is 2.36. The highest BCUT2D eigenvalue weighted by atomic mass is 28.3. The van der Waals surface area contributed by atoms with Crippen molar-refractivity contribution < 1.29 is 4.39 Å². The van der Waals surface area contributed by atoms with E-state index >= 15 is 0 Å². The molecule has 159 valence electrons. The van der Waals surface area contributed by atoms with Gasteiger partial charge in [-0.1, -0.05) is 92.9 Å². The van der Waals surface area contributed by atoms with E-state index < -0.39 is 0 Å². The van der Waals surface area contributed by atoms with Crippen LogP contribution in [0.1, 0.15) is 57.4 Å². The molecule has 0 nitrogen and oxygen atoms in total. The van der Waals surface area contributed by atoms with Crippen LogP contribution in [-0.2, 0) is 0 Å². The fourth-order valence-electron chi connectivity index (χ4n) is 5.61. The van der Waals surface area contributed by atoms with Crippen LogP contribution in [-0.4, -0.2) is 8.80 Å². The molecular formula is C28H36FSi. The van der Waals surface area contributed by atoms with E-state index in [1.807, 2.05) is 12.1 Å². The Labute approximate surface area is 184 Å². The van der Waals surface area contributed by atoms with Gasteiger partial charge in [0, 0.05) is 8.80 Å². The van der Waals surface area contributed by atoms with Gasteiger partial charge in [-0.2, -0.15) is 0 Å². The van der Waals surface area contributed by atoms with Crippen molar-refractivity contribution in [2.75, 3.05) is 0 Å². The summed E-state index contributed by atoms with van der Waals surface area (Å²) in [5, 5.41) is 0. The molecule has 1 heterocycles. The van der Waals surface area contributed by atoms with Crippen molar-refractivity contribution in [1.29, 1.82) is 0 Å². The van der Waals surface area contributed by atoms with Crippen LogP contribution in [0.5, 0.6) is 0 Å². The Kier molecular flexibility index (Phi) is 7.60. The number of hydrogen-bond acceptors (Lipinski definition) is 0. The molecule has 2 fully saturated rings. The first-order valence-electron chi connectivity index (χ1n) is 12.1. The van der Waals surface area contributed by atoms with Gasteiger partial charge in [0.15, 0.2) is 0 Å². The third kappa shape index (κ3) is 5.72. The molecule has 0 atom stereocenters. The second-order valence-corrected chi connectivity index (χ2v) is 12.5. The molecule has 30 heavy (non-hydrogen) atoms. The van der Waals surface area contributed by atoms with Crippen LogP contribution in [0.4, 0.5) is 4.39 Å². The summed E-state index contributed by atoms with van der Waals surface area (Å²) >= 11 is 0. The Hall–Kier alpha value is -1.67. The number of allylic oxidation sites excluding steroid dienone is 1. The van der Waals surface area contributed by atoms with E-state index in [0.717, 1.165) is 28.9 Å². The molecular weight excluding hydrogens is 383 g/mol. The third-order valence-corrected chi connectivity index (χ3v) is 10.7. The number of benzene rings is 2. The third-order valence-electron chi connectivity index (χ3n) is 7.47. The van der Waals surface area contributed by atoms with Crippen molar-refractivity contribution >= 4 is 14.9 Å². The molecule has 4 rings (SSSR count). The van der Waals surface area contributed by atoms with Gasteiger partial charge >= 0.3 is 0 Å². The first-order valence-corrected chi connectivity index (χ1v) is 14.2. The molecule has 0 N–H and O–H groups in total. The zero-order valence-electron chi connectivity index (χ0n) is 18.5. The number of halogens is 1. The standard InChI is InChI=1S/C28H36FSi/c1-2-19-30-20-17-27(18-21-30)25-11-7-23(8-12-25)4-3-22-5-9-24(10-6-22)26-13-15-28(29)16-14-26/h3-6,9-10,13-16,23,25,27H,2,7-8,11-12,17-21H2,1H3/b4-3+. The molecule has 0 spiro atoms. The predicted octanol–water partition coefficient (Wildman–Crippen LogP) is 8.63. The minimum atomic E-state index is -0.182. The summed E-state index contributed by atoms with van der Waals surface area (Å²) < 4.78 is 13.1. The number of hydrogen-bond donors (Lipinski definition) is 0. The van der Waals surface area contributed by atoms with Crippen LogP contribution in [0.25, 0.3) is 17.2 Å². The SMILES string of the molecule is CCC[Si]1CCC(C2CCC(/C=C/c3ccc(-c4ccc(F)cc4)cc3)CC2)CC1. The Balaban J connectivity index is 1.24. The average molecular weight is 420 g/mol. The Morgan fingerprint density at radius 3 is 1.97 bits per heavy atom. The van der Waals surface area contributed by atoms with E-state index in [4.69, 9.17) is 0 Å². The summed E-state index contributed by atoms with van der Waals surface area (Å²) in [6.07, 6.45) is 14.9. The molecule has 0 unspecified atom stereocenters. The zero-order chi connectivity index (χ0) is 20.8. The molecule has 2 aliphatic rings. The van der Waals surface area contributed by atoms with Gasteiger partial charge in [0.1, 0.15) is 5.82 Å². The monoisotopic (exact) mass is 419 g/mol. The van der Waals surface area contributed by atoms with Crippen LogP contribution < -0.4 is 0 Å². The lowest BCUT2D eigenvalue weighted by Crippen LogP contribution is -2.28. The van der Waals surface area contributed by atoms with E-state index in [1.54, 1.807) is 31.0 Å². The van der Waals surface area contributed by atoms with E-state index in [2.05, 4.69) is 43.3 Å². The van der Waals surface area contributed by atoms with E-state index in [1.165, 1.54) is 49.8 Å². The summed E-state index contributed by atoms with van der Waals surface area (Å²) in [6, 6.07) is 20.1. The first kappa shape index (κ1) is 21.6. The second kappa shape index (κ2) is 10.6. The van der Waals surface area contributed by atoms with Gasteiger partial charge in [-0.25, -0.2) is 4.39 Å². The van der Waals surface area contributed by atoms with Crippen molar-refractivity contribution in [1.82, 2.24) is 0 Å². The summed E-state index contributed by atoms with van der Waals surface area (Å²) in [5.74, 6) is 2.62. The van der Waals surface area contributed by atoms with E-state index in [-0.39, 0.29) is 14.6 Å². The van der Waals surface area contributed by atoms with E-state index in [9.17, 15) is 4.39 Å². The minimum Gasteiger partial charge on any atom is -0.207 e. The average Bonchev–Trinajstić information content (AvgIpc) is 2.80. The maximum Gasteiger partial charge on any atom is 0.123 e. The molecule has 1 saturated carbocycles.